The Morgan fingerprint density at radius 1 is 1.50 bits per heavy atom. The Labute approximate surface area is 114 Å². The third-order valence-electron chi connectivity index (χ3n) is 2.53. The molecular weight excluding hydrogens is 272 g/mol. The van der Waals surface area contributed by atoms with Crippen LogP contribution in [0.4, 0.5) is 0 Å². The number of carbonyl (C=O) groups is 1. The minimum Gasteiger partial charge on any atom is -0.378 e. The van der Waals surface area contributed by atoms with Crippen molar-refractivity contribution < 1.29 is 9.53 Å². The van der Waals surface area contributed by atoms with E-state index in [0.717, 1.165) is 4.88 Å². The standard InChI is InChI=1S/C12H11ClN2O2S/c13-11-2-1-10(18-11)7-9(8-14)12(16)15-3-5-17-6-4-15/h1-2,7H,3-6H2/b9-7+. The van der Waals surface area contributed by atoms with E-state index < -0.39 is 0 Å². The number of nitrogens with zero attached hydrogens (tertiary/aromatic N) is 2. The molecule has 0 unspecified atom stereocenters. The van der Waals surface area contributed by atoms with E-state index in [9.17, 15) is 4.79 Å². The molecule has 0 N–H and O–H groups in total. The maximum Gasteiger partial charge on any atom is 0.264 e. The predicted octanol–water partition coefficient (Wildman–Crippen LogP) is 2.17. The second-order valence-electron chi connectivity index (χ2n) is 3.72. The first kappa shape index (κ1) is 13.1. The monoisotopic (exact) mass is 282 g/mol. The van der Waals surface area contributed by atoms with Gasteiger partial charge < -0.3 is 9.64 Å². The largest absolute Gasteiger partial charge is 0.378 e. The van der Waals surface area contributed by atoms with Gasteiger partial charge in [0.2, 0.25) is 0 Å². The molecule has 0 radical (unpaired) electrons. The van der Waals surface area contributed by atoms with Crippen LogP contribution in [-0.4, -0.2) is 37.1 Å². The van der Waals surface area contributed by atoms with Gasteiger partial charge >= 0.3 is 0 Å². The molecule has 0 aromatic carbocycles. The van der Waals surface area contributed by atoms with Crippen molar-refractivity contribution in [3.8, 4) is 6.07 Å². The molecule has 94 valence electrons. The van der Waals surface area contributed by atoms with Gasteiger partial charge in [0.05, 0.1) is 17.6 Å². The van der Waals surface area contributed by atoms with Gasteiger partial charge in [0.15, 0.2) is 0 Å². The van der Waals surface area contributed by atoms with Gasteiger partial charge in [-0.15, -0.1) is 11.3 Å². The Kier molecular flexibility index (Phi) is 4.37. The van der Waals surface area contributed by atoms with Gasteiger partial charge in [0, 0.05) is 18.0 Å². The summed E-state index contributed by atoms with van der Waals surface area (Å²) in [7, 11) is 0. The highest BCUT2D eigenvalue weighted by Gasteiger charge is 2.20. The van der Waals surface area contributed by atoms with Crippen molar-refractivity contribution in [3.63, 3.8) is 0 Å². The van der Waals surface area contributed by atoms with Crippen molar-refractivity contribution in [1.82, 2.24) is 4.90 Å². The zero-order valence-electron chi connectivity index (χ0n) is 9.56. The maximum absolute atomic E-state index is 12.1. The zero-order valence-corrected chi connectivity index (χ0v) is 11.1. The Balaban J connectivity index is 2.15. The van der Waals surface area contributed by atoms with E-state index in [2.05, 4.69) is 0 Å². The van der Waals surface area contributed by atoms with Crippen LogP contribution in [0.15, 0.2) is 17.7 Å². The van der Waals surface area contributed by atoms with Crippen LogP contribution in [0.3, 0.4) is 0 Å². The average Bonchev–Trinajstić information content (AvgIpc) is 2.82. The molecule has 1 aliphatic rings. The third kappa shape index (κ3) is 3.10. The molecule has 1 fully saturated rings. The molecule has 1 aromatic heterocycles. The number of ether oxygens (including phenoxy) is 1. The number of thiophene rings is 1. The van der Waals surface area contributed by atoms with Gasteiger partial charge in [-0.1, -0.05) is 11.6 Å². The van der Waals surface area contributed by atoms with Crippen molar-refractivity contribution in [1.29, 1.82) is 5.26 Å². The summed E-state index contributed by atoms with van der Waals surface area (Å²) in [5, 5.41) is 9.07. The average molecular weight is 283 g/mol. The quantitative estimate of drug-likeness (QED) is 0.617. The van der Waals surface area contributed by atoms with Crippen LogP contribution < -0.4 is 0 Å². The highest BCUT2D eigenvalue weighted by Crippen LogP contribution is 2.23. The van der Waals surface area contributed by atoms with Gasteiger partial charge in [-0.2, -0.15) is 5.26 Å². The highest BCUT2D eigenvalue weighted by molar-refractivity contribution is 7.17. The fraction of sp³-hybridized carbons (Fsp3) is 0.333. The van der Waals surface area contributed by atoms with Crippen LogP contribution in [-0.2, 0) is 9.53 Å². The smallest absolute Gasteiger partial charge is 0.264 e. The van der Waals surface area contributed by atoms with E-state index in [0.29, 0.717) is 30.6 Å². The Hall–Kier alpha value is -1.35. The van der Waals surface area contributed by atoms with E-state index in [1.165, 1.54) is 11.3 Å². The molecule has 1 aromatic rings. The number of rotatable bonds is 2. The number of nitriles is 1. The normalized spacial score (nSPS) is 16.4. The van der Waals surface area contributed by atoms with E-state index in [1.54, 1.807) is 23.1 Å². The molecule has 2 heterocycles. The lowest BCUT2D eigenvalue weighted by Gasteiger charge is -2.26. The molecule has 0 bridgehead atoms. The van der Waals surface area contributed by atoms with Gasteiger partial charge in [-0.25, -0.2) is 0 Å². The van der Waals surface area contributed by atoms with Crippen LogP contribution in [0.2, 0.25) is 4.34 Å². The number of hydrogen-bond acceptors (Lipinski definition) is 4. The van der Waals surface area contributed by atoms with Crippen molar-refractivity contribution >= 4 is 34.9 Å². The summed E-state index contributed by atoms with van der Waals surface area (Å²) in [5.41, 5.74) is 0.135. The van der Waals surface area contributed by atoms with Gasteiger partial charge in [0.25, 0.3) is 5.91 Å². The van der Waals surface area contributed by atoms with Crippen LogP contribution in [0.1, 0.15) is 4.88 Å². The maximum atomic E-state index is 12.1. The molecule has 1 saturated heterocycles. The molecule has 0 atom stereocenters. The summed E-state index contributed by atoms with van der Waals surface area (Å²) < 4.78 is 5.81. The first-order valence-electron chi connectivity index (χ1n) is 5.45. The molecule has 0 aliphatic carbocycles. The lowest BCUT2D eigenvalue weighted by Crippen LogP contribution is -2.41. The van der Waals surface area contributed by atoms with E-state index in [4.69, 9.17) is 21.6 Å². The summed E-state index contributed by atoms with van der Waals surface area (Å²) in [6, 6.07) is 5.48. The molecule has 4 nitrogen and oxygen atoms in total. The predicted molar refractivity (Wildman–Crippen MR) is 70.3 cm³/mol. The minimum atomic E-state index is -0.245. The number of morpholine rings is 1. The fourth-order valence-corrected chi connectivity index (χ4v) is 2.63. The molecule has 6 heteroatoms. The molecule has 1 amide bonds. The van der Waals surface area contributed by atoms with Crippen LogP contribution in [0.25, 0.3) is 6.08 Å². The lowest BCUT2D eigenvalue weighted by molar-refractivity contribution is -0.130. The van der Waals surface area contributed by atoms with Gasteiger partial charge in [0.1, 0.15) is 11.6 Å². The molecule has 18 heavy (non-hydrogen) atoms. The minimum absolute atomic E-state index is 0.135. The Morgan fingerprint density at radius 3 is 2.78 bits per heavy atom. The second kappa shape index (κ2) is 6.01. The van der Waals surface area contributed by atoms with Crippen LogP contribution in [0, 0.1) is 11.3 Å². The first-order valence-corrected chi connectivity index (χ1v) is 6.64. The molecule has 1 aliphatic heterocycles. The summed E-state index contributed by atoms with van der Waals surface area (Å²) in [5.74, 6) is -0.245. The number of halogens is 1. The Morgan fingerprint density at radius 2 is 2.22 bits per heavy atom. The number of carbonyl (C=O) groups excluding carboxylic acids is 1. The van der Waals surface area contributed by atoms with Crippen LogP contribution in [0.5, 0.6) is 0 Å². The fourth-order valence-electron chi connectivity index (χ4n) is 1.63. The van der Waals surface area contributed by atoms with Crippen molar-refractivity contribution in [3.05, 3.63) is 26.9 Å². The topological polar surface area (TPSA) is 53.3 Å². The number of amides is 1. The lowest BCUT2D eigenvalue weighted by atomic mass is 10.2. The van der Waals surface area contributed by atoms with Gasteiger partial charge in [-0.05, 0) is 18.2 Å². The third-order valence-corrected chi connectivity index (χ3v) is 3.71. The van der Waals surface area contributed by atoms with Crippen LogP contribution >= 0.6 is 22.9 Å². The summed E-state index contributed by atoms with van der Waals surface area (Å²) in [6.45, 7) is 2.11. The summed E-state index contributed by atoms with van der Waals surface area (Å²) >= 11 is 7.15. The SMILES string of the molecule is N#C/C(=C\c1ccc(Cl)s1)C(=O)N1CCOCC1. The van der Waals surface area contributed by atoms with Crippen molar-refractivity contribution in [2.24, 2.45) is 0 Å². The highest BCUT2D eigenvalue weighted by atomic mass is 35.5. The first-order chi connectivity index (χ1) is 8.70. The van der Waals surface area contributed by atoms with Crippen molar-refractivity contribution in [2.45, 2.75) is 0 Å². The molecule has 0 spiro atoms. The van der Waals surface area contributed by atoms with Gasteiger partial charge in [-0.3, -0.25) is 4.79 Å². The zero-order chi connectivity index (χ0) is 13.0. The Bertz CT molecular complexity index is 512. The van der Waals surface area contributed by atoms with E-state index >= 15 is 0 Å². The van der Waals surface area contributed by atoms with Crippen molar-refractivity contribution in [2.75, 3.05) is 26.3 Å². The summed E-state index contributed by atoms with van der Waals surface area (Å²) in [6.07, 6.45) is 1.58. The molecule has 2 rings (SSSR count). The summed E-state index contributed by atoms with van der Waals surface area (Å²) in [4.78, 5) is 14.5. The second-order valence-corrected chi connectivity index (χ2v) is 5.46. The molecular formula is C12H11ClN2O2S. The van der Waals surface area contributed by atoms with E-state index in [-0.39, 0.29) is 11.5 Å². The van der Waals surface area contributed by atoms with E-state index in [1.807, 2.05) is 6.07 Å². The molecule has 0 saturated carbocycles. The number of hydrogen-bond donors (Lipinski definition) is 0.